The molecule has 0 spiro atoms. The summed E-state index contributed by atoms with van der Waals surface area (Å²) < 4.78 is 12.5. The molecule has 0 radical (unpaired) electrons. The van der Waals surface area contributed by atoms with Crippen molar-refractivity contribution in [1.82, 2.24) is 0 Å². The molecule has 0 atom stereocenters. The third-order valence-corrected chi connectivity index (χ3v) is 2.91. The Morgan fingerprint density at radius 1 is 1.38 bits per heavy atom. The van der Waals surface area contributed by atoms with Gasteiger partial charge in [-0.05, 0) is 30.7 Å². The van der Waals surface area contributed by atoms with Crippen LogP contribution in [0, 0.1) is 5.82 Å². The molecule has 0 bridgehead atoms. The lowest BCUT2D eigenvalue weighted by atomic mass is 10.3. The quantitative estimate of drug-likeness (QED) is 0.520. The van der Waals surface area contributed by atoms with E-state index in [2.05, 4.69) is 13.5 Å². The van der Waals surface area contributed by atoms with Crippen LogP contribution < -0.4 is 0 Å². The fraction of sp³-hybridized carbons (Fsp3) is 0.273. The summed E-state index contributed by atoms with van der Waals surface area (Å²) in [4.78, 5) is 1.09. The van der Waals surface area contributed by atoms with Crippen LogP contribution in [0.2, 0.25) is 0 Å². The lowest BCUT2D eigenvalue weighted by Crippen LogP contribution is -1.83. The zero-order valence-corrected chi connectivity index (χ0v) is 8.53. The maximum atomic E-state index is 12.5. The number of hydrogen-bond acceptors (Lipinski definition) is 1. The fourth-order valence-electron chi connectivity index (χ4n) is 0.818. The van der Waals surface area contributed by atoms with Gasteiger partial charge in [0.05, 0.1) is 0 Å². The van der Waals surface area contributed by atoms with Gasteiger partial charge >= 0.3 is 0 Å². The van der Waals surface area contributed by atoms with Crippen LogP contribution in [0.25, 0.3) is 0 Å². The van der Waals surface area contributed by atoms with Gasteiger partial charge in [-0.25, -0.2) is 4.39 Å². The fourth-order valence-corrected chi connectivity index (χ4v) is 1.72. The highest BCUT2D eigenvalue weighted by Crippen LogP contribution is 2.20. The zero-order valence-electron chi connectivity index (χ0n) is 7.72. The average Bonchev–Trinajstić information content (AvgIpc) is 2.16. The minimum atomic E-state index is -0.182. The van der Waals surface area contributed by atoms with E-state index in [1.54, 1.807) is 23.9 Å². The number of hydrogen-bond donors (Lipinski definition) is 0. The average molecular weight is 196 g/mol. The van der Waals surface area contributed by atoms with E-state index in [-0.39, 0.29) is 5.82 Å². The van der Waals surface area contributed by atoms with Crippen molar-refractivity contribution in [2.45, 2.75) is 18.2 Å². The SMILES string of the molecule is C=C(CC)CSc1ccc(F)cc1. The van der Waals surface area contributed by atoms with Gasteiger partial charge in [-0.1, -0.05) is 19.1 Å². The maximum Gasteiger partial charge on any atom is 0.123 e. The normalized spacial score (nSPS) is 10.0. The van der Waals surface area contributed by atoms with Crippen molar-refractivity contribution in [3.8, 4) is 0 Å². The summed E-state index contributed by atoms with van der Waals surface area (Å²) in [5.41, 5.74) is 1.22. The van der Waals surface area contributed by atoms with Gasteiger partial charge < -0.3 is 0 Å². The first-order valence-corrected chi connectivity index (χ1v) is 5.26. The molecular weight excluding hydrogens is 183 g/mol. The first-order valence-electron chi connectivity index (χ1n) is 4.27. The van der Waals surface area contributed by atoms with E-state index < -0.39 is 0 Å². The Labute approximate surface area is 82.9 Å². The molecule has 0 N–H and O–H groups in total. The van der Waals surface area contributed by atoms with Crippen LogP contribution in [0.3, 0.4) is 0 Å². The molecule has 1 rings (SSSR count). The molecular formula is C11H13FS. The van der Waals surface area contributed by atoms with Gasteiger partial charge in [0.25, 0.3) is 0 Å². The summed E-state index contributed by atoms with van der Waals surface area (Å²) >= 11 is 1.70. The molecule has 0 nitrogen and oxygen atoms in total. The molecule has 0 amide bonds. The van der Waals surface area contributed by atoms with Gasteiger partial charge in [0.1, 0.15) is 5.82 Å². The second-order valence-electron chi connectivity index (χ2n) is 2.85. The Balaban J connectivity index is 2.46. The first-order chi connectivity index (χ1) is 6.22. The van der Waals surface area contributed by atoms with Gasteiger partial charge in [-0.15, -0.1) is 11.8 Å². The van der Waals surface area contributed by atoms with Crippen molar-refractivity contribution in [3.63, 3.8) is 0 Å². The van der Waals surface area contributed by atoms with E-state index in [0.29, 0.717) is 0 Å². The van der Waals surface area contributed by atoms with E-state index in [9.17, 15) is 4.39 Å². The number of benzene rings is 1. The Kier molecular flexibility index (Phi) is 4.03. The molecule has 0 saturated carbocycles. The summed E-state index contributed by atoms with van der Waals surface area (Å²) in [6.45, 7) is 6.00. The molecule has 0 aromatic heterocycles. The summed E-state index contributed by atoms with van der Waals surface area (Å²) in [5, 5.41) is 0. The van der Waals surface area contributed by atoms with Gasteiger partial charge in [0.2, 0.25) is 0 Å². The lowest BCUT2D eigenvalue weighted by Gasteiger charge is -2.02. The second-order valence-corrected chi connectivity index (χ2v) is 3.89. The van der Waals surface area contributed by atoms with Crippen molar-refractivity contribution < 1.29 is 4.39 Å². The van der Waals surface area contributed by atoms with Gasteiger partial charge in [0, 0.05) is 10.6 Å². The Bertz CT molecular complexity index is 277. The molecule has 0 unspecified atom stereocenters. The predicted molar refractivity (Wildman–Crippen MR) is 56.6 cm³/mol. The maximum absolute atomic E-state index is 12.5. The van der Waals surface area contributed by atoms with Crippen LogP contribution in [-0.4, -0.2) is 5.75 Å². The first kappa shape index (κ1) is 10.3. The van der Waals surface area contributed by atoms with Crippen molar-refractivity contribution in [1.29, 1.82) is 0 Å². The van der Waals surface area contributed by atoms with Gasteiger partial charge in [0.15, 0.2) is 0 Å². The minimum absolute atomic E-state index is 0.182. The highest BCUT2D eigenvalue weighted by molar-refractivity contribution is 7.99. The van der Waals surface area contributed by atoms with E-state index in [1.807, 2.05) is 0 Å². The zero-order chi connectivity index (χ0) is 9.68. The van der Waals surface area contributed by atoms with Crippen LogP contribution in [0.15, 0.2) is 41.3 Å². The van der Waals surface area contributed by atoms with E-state index in [0.717, 1.165) is 17.1 Å². The number of halogens is 1. The van der Waals surface area contributed by atoms with E-state index in [4.69, 9.17) is 0 Å². The molecule has 70 valence electrons. The van der Waals surface area contributed by atoms with E-state index >= 15 is 0 Å². The van der Waals surface area contributed by atoms with Crippen LogP contribution in [0.1, 0.15) is 13.3 Å². The summed E-state index contributed by atoms with van der Waals surface area (Å²) in [6.07, 6.45) is 1.01. The largest absolute Gasteiger partial charge is 0.207 e. The molecule has 1 aromatic carbocycles. The van der Waals surface area contributed by atoms with Crippen LogP contribution >= 0.6 is 11.8 Å². The standard InChI is InChI=1S/C11H13FS/c1-3-9(2)8-13-11-6-4-10(12)5-7-11/h4-7H,2-3,8H2,1H3. The third kappa shape index (κ3) is 3.64. The Morgan fingerprint density at radius 2 is 2.00 bits per heavy atom. The van der Waals surface area contributed by atoms with Crippen LogP contribution in [-0.2, 0) is 0 Å². The highest BCUT2D eigenvalue weighted by atomic mass is 32.2. The van der Waals surface area contributed by atoms with Gasteiger partial charge in [-0.3, -0.25) is 0 Å². The smallest absolute Gasteiger partial charge is 0.123 e. The van der Waals surface area contributed by atoms with Gasteiger partial charge in [-0.2, -0.15) is 0 Å². The molecule has 0 aliphatic carbocycles. The van der Waals surface area contributed by atoms with Crippen molar-refractivity contribution in [2.24, 2.45) is 0 Å². The minimum Gasteiger partial charge on any atom is -0.207 e. The number of rotatable bonds is 4. The second kappa shape index (κ2) is 5.07. The predicted octanol–water partition coefficient (Wildman–Crippen LogP) is 3.88. The lowest BCUT2D eigenvalue weighted by molar-refractivity contribution is 0.626. The van der Waals surface area contributed by atoms with Crippen molar-refractivity contribution in [3.05, 3.63) is 42.2 Å². The van der Waals surface area contributed by atoms with Crippen LogP contribution in [0.4, 0.5) is 4.39 Å². The Hall–Kier alpha value is -0.760. The monoisotopic (exact) mass is 196 g/mol. The molecule has 0 saturated heterocycles. The summed E-state index contributed by atoms with van der Waals surface area (Å²) in [5.74, 6) is 0.737. The molecule has 0 aliphatic heterocycles. The van der Waals surface area contributed by atoms with Crippen molar-refractivity contribution >= 4 is 11.8 Å². The van der Waals surface area contributed by atoms with Crippen molar-refractivity contribution in [2.75, 3.05) is 5.75 Å². The molecule has 0 heterocycles. The molecule has 0 aliphatic rings. The van der Waals surface area contributed by atoms with E-state index in [1.165, 1.54) is 17.7 Å². The molecule has 2 heteroatoms. The number of thioether (sulfide) groups is 1. The van der Waals surface area contributed by atoms with Crippen LogP contribution in [0.5, 0.6) is 0 Å². The molecule has 0 fully saturated rings. The summed E-state index contributed by atoms with van der Waals surface area (Å²) in [7, 11) is 0. The highest BCUT2D eigenvalue weighted by Gasteiger charge is 1.95. The Morgan fingerprint density at radius 3 is 2.54 bits per heavy atom. The molecule has 13 heavy (non-hydrogen) atoms. The summed E-state index contributed by atoms with van der Waals surface area (Å²) in [6, 6.07) is 6.56. The topological polar surface area (TPSA) is 0 Å². The molecule has 1 aromatic rings. The third-order valence-electron chi connectivity index (χ3n) is 1.76.